The summed E-state index contributed by atoms with van der Waals surface area (Å²) in [5, 5.41) is 6.76. The van der Waals surface area contributed by atoms with Crippen LogP contribution in [-0.2, 0) is 0 Å². The van der Waals surface area contributed by atoms with Gasteiger partial charge in [-0.25, -0.2) is 0 Å². The van der Waals surface area contributed by atoms with Gasteiger partial charge >= 0.3 is 0 Å². The van der Waals surface area contributed by atoms with Gasteiger partial charge in [0, 0.05) is 13.1 Å². The van der Waals surface area contributed by atoms with E-state index in [2.05, 4.69) is 34.8 Å². The van der Waals surface area contributed by atoms with E-state index in [0.29, 0.717) is 0 Å². The van der Waals surface area contributed by atoms with Crippen LogP contribution in [-0.4, -0.2) is 55.6 Å². The summed E-state index contributed by atoms with van der Waals surface area (Å²) >= 11 is 1.88. The molecule has 1 aromatic rings. The van der Waals surface area contributed by atoms with Crippen LogP contribution in [0.3, 0.4) is 0 Å². The van der Waals surface area contributed by atoms with Crippen LogP contribution in [0.15, 0.2) is 27.8 Å². The normalized spacial score (nSPS) is 16.7. The monoisotopic (exact) mass is 466 g/mol. The molecular weight excluding hydrogens is 435 g/mol. The zero-order chi connectivity index (χ0) is 16.3. The third-order valence-electron chi connectivity index (χ3n) is 4.04. The van der Waals surface area contributed by atoms with E-state index in [0.717, 1.165) is 50.9 Å². The van der Waals surface area contributed by atoms with Crippen molar-refractivity contribution in [2.24, 2.45) is 4.99 Å². The van der Waals surface area contributed by atoms with Gasteiger partial charge < -0.3 is 15.1 Å². The van der Waals surface area contributed by atoms with Crippen molar-refractivity contribution < 1.29 is 4.42 Å². The lowest BCUT2D eigenvalue weighted by molar-refractivity contribution is 0.221. The zero-order valence-electron chi connectivity index (χ0n) is 14.8. The van der Waals surface area contributed by atoms with E-state index in [9.17, 15) is 0 Å². The predicted octanol–water partition coefficient (Wildman–Crippen LogP) is 3.34. The highest BCUT2D eigenvalue weighted by molar-refractivity contribution is 14.0. The fourth-order valence-electron chi connectivity index (χ4n) is 2.86. The van der Waals surface area contributed by atoms with Crippen molar-refractivity contribution in [2.45, 2.75) is 32.2 Å². The van der Waals surface area contributed by atoms with Crippen molar-refractivity contribution in [1.82, 2.24) is 15.5 Å². The fraction of sp³-hybridized carbons (Fsp3) is 0.706. The summed E-state index contributed by atoms with van der Waals surface area (Å²) < 4.78 is 5.66. The molecule has 5 nitrogen and oxygen atoms in total. The molecule has 1 aliphatic heterocycles. The van der Waals surface area contributed by atoms with Crippen molar-refractivity contribution in [2.75, 3.05) is 44.7 Å². The largest absolute Gasteiger partial charge is 0.468 e. The number of guanidine groups is 1. The smallest absolute Gasteiger partial charge is 0.191 e. The Bertz CT molecular complexity index is 449. The Kier molecular flexibility index (Phi) is 11.6. The second-order valence-corrected chi connectivity index (χ2v) is 6.75. The number of aliphatic imine (C=N–C) groups is 1. The minimum absolute atomic E-state index is 0. The van der Waals surface area contributed by atoms with Gasteiger partial charge in [-0.05, 0) is 63.4 Å². The van der Waals surface area contributed by atoms with Crippen molar-refractivity contribution in [3.63, 3.8) is 0 Å². The van der Waals surface area contributed by atoms with Gasteiger partial charge in [0.2, 0.25) is 0 Å². The van der Waals surface area contributed by atoms with Crippen molar-refractivity contribution in [3.05, 3.63) is 24.2 Å². The standard InChI is InChI=1S/C17H30N4OS.HI/c1-3-18-17(19-9-7-13-23-2)20-14-15(16-8-6-12-22-16)21-10-4-5-11-21;/h6,8,12,15H,3-5,7,9-11,13-14H2,1-2H3,(H2,18,19,20);1H. The van der Waals surface area contributed by atoms with Crippen LogP contribution in [0.25, 0.3) is 0 Å². The Labute approximate surface area is 167 Å². The van der Waals surface area contributed by atoms with Gasteiger partial charge in [-0.3, -0.25) is 9.89 Å². The highest BCUT2D eigenvalue weighted by Crippen LogP contribution is 2.25. The summed E-state index contributed by atoms with van der Waals surface area (Å²) in [6, 6.07) is 4.28. The number of thioether (sulfide) groups is 1. The molecule has 1 aliphatic rings. The quantitative estimate of drug-likeness (QED) is 0.253. The molecule has 138 valence electrons. The summed E-state index contributed by atoms with van der Waals surface area (Å²) in [7, 11) is 0. The van der Waals surface area contributed by atoms with Crippen molar-refractivity contribution >= 4 is 41.7 Å². The topological polar surface area (TPSA) is 52.8 Å². The van der Waals surface area contributed by atoms with E-state index in [1.807, 2.05) is 17.8 Å². The highest BCUT2D eigenvalue weighted by atomic mass is 127. The number of likely N-dealkylation sites (tertiary alicyclic amines) is 1. The Balaban J connectivity index is 0.00000288. The molecule has 0 radical (unpaired) electrons. The molecule has 0 aromatic carbocycles. The minimum Gasteiger partial charge on any atom is -0.468 e. The third kappa shape index (κ3) is 7.23. The van der Waals surface area contributed by atoms with Gasteiger partial charge in [-0.15, -0.1) is 24.0 Å². The fourth-order valence-corrected chi connectivity index (χ4v) is 3.30. The number of furan rings is 1. The summed E-state index contributed by atoms with van der Waals surface area (Å²) in [6.45, 7) is 6.94. The van der Waals surface area contributed by atoms with Gasteiger partial charge in [0.1, 0.15) is 5.76 Å². The molecule has 0 spiro atoms. The Morgan fingerprint density at radius 1 is 1.38 bits per heavy atom. The SMILES string of the molecule is CCNC(=NCC(c1ccco1)N1CCCC1)NCCCSC.I. The number of nitrogens with one attached hydrogen (secondary N) is 2. The molecule has 0 aliphatic carbocycles. The molecule has 0 amide bonds. The third-order valence-corrected chi connectivity index (χ3v) is 4.73. The molecular formula is C17H31IN4OS. The van der Waals surface area contributed by atoms with Gasteiger partial charge in [0.25, 0.3) is 0 Å². The lowest BCUT2D eigenvalue weighted by Crippen LogP contribution is -2.39. The maximum atomic E-state index is 5.66. The summed E-state index contributed by atoms with van der Waals surface area (Å²) in [4.78, 5) is 7.28. The van der Waals surface area contributed by atoms with Crippen LogP contribution in [0.2, 0.25) is 0 Å². The second-order valence-electron chi connectivity index (χ2n) is 5.77. The number of hydrogen-bond donors (Lipinski definition) is 2. The Morgan fingerprint density at radius 2 is 2.17 bits per heavy atom. The van der Waals surface area contributed by atoms with Crippen LogP contribution >= 0.6 is 35.7 Å². The van der Waals surface area contributed by atoms with E-state index < -0.39 is 0 Å². The predicted molar refractivity (Wildman–Crippen MR) is 115 cm³/mol. The number of halogens is 1. The van der Waals surface area contributed by atoms with E-state index in [4.69, 9.17) is 9.41 Å². The summed E-state index contributed by atoms with van der Waals surface area (Å²) in [5.74, 6) is 3.10. The van der Waals surface area contributed by atoms with E-state index in [1.54, 1.807) is 6.26 Å². The Morgan fingerprint density at radius 3 is 2.79 bits per heavy atom. The van der Waals surface area contributed by atoms with Crippen LogP contribution in [0.5, 0.6) is 0 Å². The summed E-state index contributed by atoms with van der Waals surface area (Å²) in [6.07, 6.45) is 7.60. The maximum absolute atomic E-state index is 5.66. The van der Waals surface area contributed by atoms with Crippen LogP contribution < -0.4 is 10.6 Å². The van der Waals surface area contributed by atoms with Gasteiger partial charge in [0.05, 0.1) is 18.8 Å². The zero-order valence-corrected chi connectivity index (χ0v) is 17.9. The van der Waals surface area contributed by atoms with Gasteiger partial charge in [-0.2, -0.15) is 11.8 Å². The first kappa shape index (κ1) is 21.6. The first-order valence-corrected chi connectivity index (χ1v) is 10.0. The van der Waals surface area contributed by atoms with Gasteiger partial charge in [0.15, 0.2) is 5.96 Å². The van der Waals surface area contributed by atoms with E-state index >= 15 is 0 Å². The lowest BCUT2D eigenvalue weighted by Gasteiger charge is -2.24. The Hall–Kier alpha value is -0.410. The first-order valence-electron chi connectivity index (χ1n) is 8.63. The van der Waals surface area contributed by atoms with Crippen molar-refractivity contribution in [3.8, 4) is 0 Å². The van der Waals surface area contributed by atoms with Crippen LogP contribution in [0, 0.1) is 0 Å². The molecule has 2 heterocycles. The molecule has 2 rings (SSSR count). The molecule has 24 heavy (non-hydrogen) atoms. The van der Waals surface area contributed by atoms with Gasteiger partial charge in [-0.1, -0.05) is 0 Å². The van der Waals surface area contributed by atoms with Crippen molar-refractivity contribution in [1.29, 1.82) is 0 Å². The molecule has 1 aromatic heterocycles. The highest BCUT2D eigenvalue weighted by Gasteiger charge is 2.25. The molecule has 2 N–H and O–H groups in total. The molecule has 1 atom stereocenters. The molecule has 7 heteroatoms. The molecule has 1 fully saturated rings. The maximum Gasteiger partial charge on any atom is 0.191 e. The summed E-state index contributed by atoms with van der Waals surface area (Å²) in [5.41, 5.74) is 0. The molecule has 0 saturated carbocycles. The minimum atomic E-state index is 0. The van der Waals surface area contributed by atoms with E-state index in [1.165, 1.54) is 18.6 Å². The second kappa shape index (κ2) is 12.9. The average Bonchev–Trinajstić information content (AvgIpc) is 3.25. The molecule has 1 saturated heterocycles. The first-order chi connectivity index (χ1) is 11.3. The lowest BCUT2D eigenvalue weighted by atomic mass is 10.2. The van der Waals surface area contributed by atoms with E-state index in [-0.39, 0.29) is 30.0 Å². The average molecular weight is 466 g/mol. The number of rotatable bonds is 9. The molecule has 1 unspecified atom stereocenters. The van der Waals surface area contributed by atoms with Crippen LogP contribution in [0.4, 0.5) is 0 Å². The van der Waals surface area contributed by atoms with Crippen LogP contribution in [0.1, 0.15) is 38.0 Å². The number of nitrogens with zero attached hydrogens (tertiary/aromatic N) is 2. The number of hydrogen-bond acceptors (Lipinski definition) is 4. The molecule has 0 bridgehead atoms.